The van der Waals surface area contributed by atoms with Gasteiger partial charge in [0.15, 0.2) is 0 Å². The third-order valence-corrected chi connectivity index (χ3v) is 6.04. The summed E-state index contributed by atoms with van der Waals surface area (Å²) in [5, 5.41) is 2.74. The Hall–Kier alpha value is -4.31. The van der Waals surface area contributed by atoms with E-state index in [1.807, 2.05) is 0 Å². The van der Waals surface area contributed by atoms with Crippen molar-refractivity contribution in [3.63, 3.8) is 0 Å². The van der Waals surface area contributed by atoms with Crippen LogP contribution in [0.25, 0.3) is 11.0 Å². The molecule has 4 N–H and O–H groups in total. The smallest absolute Gasteiger partial charge is 0.323 e. The maximum atomic E-state index is 13.0. The molecule has 0 saturated heterocycles. The number of aromatic amines is 2. The Labute approximate surface area is 189 Å². The molecule has 0 saturated carbocycles. The van der Waals surface area contributed by atoms with Crippen molar-refractivity contribution in [2.75, 3.05) is 16.6 Å². The van der Waals surface area contributed by atoms with Crippen LogP contribution in [0.5, 0.6) is 5.75 Å². The van der Waals surface area contributed by atoms with Crippen molar-refractivity contribution < 1.29 is 17.9 Å². The molecule has 1 heterocycles. The fourth-order valence-corrected chi connectivity index (χ4v) is 4.28. The predicted octanol–water partition coefficient (Wildman–Crippen LogP) is 3.47. The molecule has 0 fully saturated rings. The number of fused-ring (bicyclic) bond motifs is 1. The fourth-order valence-electron chi connectivity index (χ4n) is 3.17. The van der Waals surface area contributed by atoms with Crippen molar-refractivity contribution in [1.29, 1.82) is 0 Å². The van der Waals surface area contributed by atoms with Gasteiger partial charge in [-0.3, -0.25) is 9.52 Å². The average molecular weight is 465 g/mol. The molecule has 0 aliphatic carbocycles. The van der Waals surface area contributed by atoms with Crippen LogP contribution in [-0.2, 0) is 10.0 Å². The van der Waals surface area contributed by atoms with Gasteiger partial charge < -0.3 is 20.0 Å². The number of hydrogen-bond acceptors (Lipinski definition) is 5. The Balaban J connectivity index is 1.58. The van der Waals surface area contributed by atoms with Gasteiger partial charge in [-0.15, -0.1) is 0 Å². The van der Waals surface area contributed by atoms with Gasteiger partial charge in [0, 0.05) is 11.8 Å². The van der Waals surface area contributed by atoms with E-state index in [0.717, 1.165) is 0 Å². The summed E-state index contributed by atoms with van der Waals surface area (Å²) in [6.07, 6.45) is 1.61. The zero-order chi connectivity index (χ0) is 23.4. The van der Waals surface area contributed by atoms with Crippen LogP contribution in [0.1, 0.15) is 10.4 Å². The summed E-state index contributed by atoms with van der Waals surface area (Å²) in [5.41, 5.74) is 1.13. The molecule has 10 heteroatoms. The zero-order valence-electron chi connectivity index (χ0n) is 17.3. The molecule has 0 spiro atoms. The largest absolute Gasteiger partial charge is 0.489 e. The summed E-state index contributed by atoms with van der Waals surface area (Å²) >= 11 is 0. The number of anilines is 2. The summed E-state index contributed by atoms with van der Waals surface area (Å²) in [6.45, 7) is 3.92. The van der Waals surface area contributed by atoms with E-state index in [1.165, 1.54) is 30.3 Å². The average Bonchev–Trinajstić information content (AvgIpc) is 3.17. The molecule has 9 nitrogen and oxygen atoms in total. The molecule has 1 amide bonds. The van der Waals surface area contributed by atoms with E-state index in [-0.39, 0.29) is 16.1 Å². The normalized spacial score (nSPS) is 11.2. The van der Waals surface area contributed by atoms with Crippen molar-refractivity contribution in [2.45, 2.75) is 4.90 Å². The second-order valence-corrected chi connectivity index (χ2v) is 8.70. The number of para-hydroxylation sites is 1. The SMILES string of the molecule is C=CCOc1cccc(NC(=O)c2ccccc2NS(=O)(=O)c2ccc3[nH]c(=O)[nH]c3c2)c1. The van der Waals surface area contributed by atoms with E-state index in [0.29, 0.717) is 29.1 Å². The first kappa shape index (κ1) is 21.9. The zero-order valence-corrected chi connectivity index (χ0v) is 18.1. The standard InChI is InChI=1S/C23H20N4O5S/c1-2-12-32-16-7-5-6-15(13-16)24-22(28)18-8-3-4-9-19(18)27-33(30,31)17-10-11-20-21(14-17)26-23(29)25-20/h2-11,13-14,27H,1,12H2,(H,24,28)(H2,25,26,29). The van der Waals surface area contributed by atoms with Crippen molar-refractivity contribution in [3.05, 3.63) is 95.4 Å². The van der Waals surface area contributed by atoms with Gasteiger partial charge in [-0.2, -0.15) is 0 Å². The van der Waals surface area contributed by atoms with Crippen LogP contribution in [0, 0.1) is 0 Å². The lowest BCUT2D eigenvalue weighted by Crippen LogP contribution is -2.18. The van der Waals surface area contributed by atoms with Gasteiger partial charge in [0.25, 0.3) is 15.9 Å². The highest BCUT2D eigenvalue weighted by molar-refractivity contribution is 7.92. The van der Waals surface area contributed by atoms with Crippen LogP contribution in [-0.4, -0.2) is 30.9 Å². The third kappa shape index (κ3) is 4.96. The molecule has 0 aliphatic heterocycles. The van der Waals surface area contributed by atoms with Crippen LogP contribution in [0.3, 0.4) is 0 Å². The highest BCUT2D eigenvalue weighted by Crippen LogP contribution is 2.24. The summed E-state index contributed by atoms with van der Waals surface area (Å²) < 4.78 is 33.8. The van der Waals surface area contributed by atoms with Crippen LogP contribution < -0.4 is 20.5 Å². The predicted molar refractivity (Wildman–Crippen MR) is 126 cm³/mol. The minimum Gasteiger partial charge on any atom is -0.489 e. The van der Waals surface area contributed by atoms with E-state index in [4.69, 9.17) is 4.74 Å². The Morgan fingerprint density at radius 3 is 2.61 bits per heavy atom. The molecule has 168 valence electrons. The van der Waals surface area contributed by atoms with E-state index in [9.17, 15) is 18.0 Å². The molecule has 0 aliphatic rings. The molecule has 1 aromatic heterocycles. The summed E-state index contributed by atoms with van der Waals surface area (Å²) in [5.74, 6) is 0.0551. The lowest BCUT2D eigenvalue weighted by molar-refractivity contribution is 0.102. The first-order valence-corrected chi connectivity index (χ1v) is 11.3. The van der Waals surface area contributed by atoms with Gasteiger partial charge >= 0.3 is 5.69 Å². The number of ether oxygens (including phenoxy) is 1. The van der Waals surface area contributed by atoms with Gasteiger partial charge in [-0.1, -0.05) is 30.9 Å². The molecular weight excluding hydrogens is 444 g/mol. The molecule has 0 atom stereocenters. The molecule has 4 aromatic rings. The van der Waals surface area contributed by atoms with Crippen molar-refractivity contribution in [1.82, 2.24) is 9.97 Å². The van der Waals surface area contributed by atoms with Gasteiger partial charge in [0.05, 0.1) is 27.2 Å². The van der Waals surface area contributed by atoms with Crippen LogP contribution in [0.2, 0.25) is 0 Å². The molecule has 4 rings (SSSR count). The number of amides is 1. The lowest BCUT2D eigenvalue weighted by atomic mass is 10.1. The molecule has 33 heavy (non-hydrogen) atoms. The number of carbonyl (C=O) groups is 1. The Morgan fingerprint density at radius 2 is 1.79 bits per heavy atom. The van der Waals surface area contributed by atoms with Gasteiger partial charge in [0.1, 0.15) is 12.4 Å². The van der Waals surface area contributed by atoms with Gasteiger partial charge in [-0.25, -0.2) is 13.2 Å². The summed E-state index contributed by atoms with van der Waals surface area (Å²) in [6, 6.07) is 17.3. The topological polar surface area (TPSA) is 133 Å². The van der Waals surface area contributed by atoms with E-state index in [2.05, 4.69) is 26.6 Å². The monoisotopic (exact) mass is 464 g/mol. The molecular formula is C23H20N4O5S. The second kappa shape index (κ2) is 9.05. The number of sulfonamides is 1. The Morgan fingerprint density at radius 1 is 1.00 bits per heavy atom. The van der Waals surface area contributed by atoms with Crippen LogP contribution >= 0.6 is 0 Å². The van der Waals surface area contributed by atoms with Crippen molar-refractivity contribution in [3.8, 4) is 5.75 Å². The second-order valence-electron chi connectivity index (χ2n) is 7.02. The van der Waals surface area contributed by atoms with Crippen molar-refractivity contribution >= 4 is 38.3 Å². The lowest BCUT2D eigenvalue weighted by Gasteiger charge is -2.13. The maximum absolute atomic E-state index is 13.0. The number of carbonyl (C=O) groups excluding carboxylic acids is 1. The number of benzene rings is 3. The number of rotatable bonds is 8. The number of aromatic nitrogens is 2. The Kier molecular flexibility index (Phi) is 6.01. The quantitative estimate of drug-likeness (QED) is 0.296. The van der Waals surface area contributed by atoms with Gasteiger partial charge in [-0.05, 0) is 42.5 Å². The molecule has 0 radical (unpaired) electrons. The molecule has 0 bridgehead atoms. The summed E-state index contributed by atoms with van der Waals surface area (Å²) in [4.78, 5) is 29.4. The molecule has 0 unspecified atom stereocenters. The third-order valence-electron chi connectivity index (χ3n) is 4.67. The number of hydrogen-bond donors (Lipinski definition) is 4. The minimum absolute atomic E-state index is 0.0625. The van der Waals surface area contributed by atoms with Crippen molar-refractivity contribution in [2.24, 2.45) is 0 Å². The highest BCUT2D eigenvalue weighted by atomic mass is 32.2. The van der Waals surface area contributed by atoms with E-state index < -0.39 is 21.6 Å². The highest BCUT2D eigenvalue weighted by Gasteiger charge is 2.19. The molecule has 3 aromatic carbocycles. The fraction of sp³-hybridized carbons (Fsp3) is 0.0435. The first-order chi connectivity index (χ1) is 15.9. The van der Waals surface area contributed by atoms with E-state index >= 15 is 0 Å². The number of nitrogens with one attached hydrogen (secondary N) is 4. The number of H-pyrrole nitrogens is 2. The van der Waals surface area contributed by atoms with Gasteiger partial charge in [0.2, 0.25) is 0 Å². The van der Waals surface area contributed by atoms with Crippen LogP contribution in [0.4, 0.5) is 11.4 Å². The first-order valence-electron chi connectivity index (χ1n) is 9.85. The maximum Gasteiger partial charge on any atom is 0.323 e. The summed E-state index contributed by atoms with van der Waals surface area (Å²) in [7, 11) is -4.04. The Bertz CT molecular complexity index is 1500. The number of imidazole rings is 1. The van der Waals surface area contributed by atoms with Crippen LogP contribution in [0.15, 0.2) is 89.1 Å². The van der Waals surface area contributed by atoms with E-state index in [1.54, 1.807) is 42.5 Å². The minimum atomic E-state index is -4.04.